The number of morpholine rings is 1. The Kier molecular flexibility index (Phi) is 7.88. The number of hydrogen-bond donors (Lipinski definition) is 3. The lowest BCUT2D eigenvalue weighted by molar-refractivity contribution is -0.906. The van der Waals surface area contributed by atoms with Crippen molar-refractivity contribution in [3.63, 3.8) is 0 Å². The van der Waals surface area contributed by atoms with Gasteiger partial charge in [-0.3, -0.25) is 0 Å². The number of ether oxygens (including phenoxy) is 1. The maximum atomic E-state index is 5.35. The monoisotopic (exact) mass is 326 g/mol. The van der Waals surface area contributed by atoms with Crippen molar-refractivity contribution in [1.29, 1.82) is 0 Å². The van der Waals surface area contributed by atoms with Crippen LogP contribution in [0.4, 0.5) is 0 Å². The van der Waals surface area contributed by atoms with E-state index in [1.54, 1.807) is 4.90 Å². The van der Waals surface area contributed by atoms with Gasteiger partial charge in [0.05, 0.1) is 26.3 Å². The standard InChI is InChI=1S/C15H23N3OS2/c20-15(16-6-8-18-9-11-19-12-10-18)17-7-13-21-14-4-2-1-3-5-14/h1-5H,6-13H2,(H2,16,17,20)/p+1. The van der Waals surface area contributed by atoms with Crippen molar-refractivity contribution in [2.24, 2.45) is 0 Å². The van der Waals surface area contributed by atoms with Crippen LogP contribution in [0.5, 0.6) is 0 Å². The molecule has 1 aliphatic heterocycles. The number of quaternary nitrogens is 1. The molecule has 2 rings (SSSR count). The maximum absolute atomic E-state index is 5.35. The fraction of sp³-hybridized carbons (Fsp3) is 0.533. The quantitative estimate of drug-likeness (QED) is 0.378. The first kappa shape index (κ1) is 16.5. The highest BCUT2D eigenvalue weighted by molar-refractivity contribution is 7.99. The number of rotatable bonds is 7. The molecule has 0 aliphatic carbocycles. The topological polar surface area (TPSA) is 37.7 Å². The van der Waals surface area contributed by atoms with Crippen LogP contribution >= 0.6 is 24.0 Å². The molecule has 1 fully saturated rings. The summed E-state index contributed by atoms with van der Waals surface area (Å²) in [7, 11) is 0. The Morgan fingerprint density at radius 2 is 1.86 bits per heavy atom. The van der Waals surface area contributed by atoms with Gasteiger partial charge in [-0.25, -0.2) is 0 Å². The molecule has 0 saturated carbocycles. The normalized spacial score (nSPS) is 15.6. The van der Waals surface area contributed by atoms with Crippen LogP contribution in [0.3, 0.4) is 0 Å². The first-order valence-corrected chi connectivity index (χ1v) is 8.85. The van der Waals surface area contributed by atoms with Gasteiger partial charge in [-0.05, 0) is 24.4 Å². The number of benzene rings is 1. The molecule has 1 aromatic carbocycles. The van der Waals surface area contributed by atoms with Gasteiger partial charge < -0.3 is 20.3 Å². The van der Waals surface area contributed by atoms with Crippen LogP contribution in [-0.4, -0.2) is 56.8 Å². The molecule has 1 saturated heterocycles. The minimum Gasteiger partial charge on any atom is -0.370 e. The Bertz CT molecular complexity index is 411. The van der Waals surface area contributed by atoms with Crippen molar-refractivity contribution in [2.45, 2.75) is 4.90 Å². The predicted molar refractivity (Wildman–Crippen MR) is 92.2 cm³/mol. The number of thioether (sulfide) groups is 1. The Hall–Kier alpha value is -0.820. The number of thiocarbonyl (C=S) groups is 1. The van der Waals surface area contributed by atoms with Crippen molar-refractivity contribution in [3.8, 4) is 0 Å². The van der Waals surface area contributed by atoms with E-state index in [0.717, 1.165) is 56.8 Å². The van der Waals surface area contributed by atoms with E-state index in [2.05, 4.69) is 34.9 Å². The lowest BCUT2D eigenvalue weighted by atomic mass is 10.4. The first-order valence-electron chi connectivity index (χ1n) is 7.45. The number of hydrogen-bond acceptors (Lipinski definition) is 3. The summed E-state index contributed by atoms with van der Waals surface area (Å²) in [6.45, 7) is 6.89. The summed E-state index contributed by atoms with van der Waals surface area (Å²) >= 11 is 7.13. The molecule has 0 spiro atoms. The van der Waals surface area contributed by atoms with E-state index in [-0.39, 0.29) is 0 Å². The van der Waals surface area contributed by atoms with Crippen LogP contribution in [-0.2, 0) is 4.74 Å². The van der Waals surface area contributed by atoms with Gasteiger partial charge in [0, 0.05) is 17.2 Å². The van der Waals surface area contributed by atoms with Crippen LogP contribution in [0.25, 0.3) is 0 Å². The average molecular weight is 327 g/mol. The summed E-state index contributed by atoms with van der Waals surface area (Å²) in [5.41, 5.74) is 0. The van der Waals surface area contributed by atoms with Gasteiger partial charge in [0.25, 0.3) is 0 Å². The maximum Gasteiger partial charge on any atom is 0.166 e. The molecule has 3 N–H and O–H groups in total. The van der Waals surface area contributed by atoms with E-state index in [9.17, 15) is 0 Å². The lowest BCUT2D eigenvalue weighted by Gasteiger charge is -2.24. The Morgan fingerprint density at radius 1 is 1.14 bits per heavy atom. The van der Waals surface area contributed by atoms with E-state index >= 15 is 0 Å². The molecule has 0 radical (unpaired) electrons. The van der Waals surface area contributed by atoms with Crippen LogP contribution in [0, 0.1) is 0 Å². The second-order valence-electron chi connectivity index (χ2n) is 4.96. The Labute approximate surface area is 136 Å². The molecule has 116 valence electrons. The molecule has 4 nitrogen and oxygen atoms in total. The predicted octanol–water partition coefficient (Wildman–Crippen LogP) is 0.158. The van der Waals surface area contributed by atoms with Gasteiger partial charge in [0.15, 0.2) is 5.11 Å². The zero-order valence-corrected chi connectivity index (χ0v) is 13.9. The van der Waals surface area contributed by atoms with Crippen LogP contribution < -0.4 is 15.5 Å². The molecule has 0 bridgehead atoms. The third-order valence-electron chi connectivity index (χ3n) is 3.36. The largest absolute Gasteiger partial charge is 0.370 e. The molecular formula is C15H24N3OS2+. The highest BCUT2D eigenvalue weighted by Gasteiger charge is 2.12. The first-order chi connectivity index (χ1) is 10.3. The summed E-state index contributed by atoms with van der Waals surface area (Å²) < 4.78 is 5.35. The highest BCUT2D eigenvalue weighted by Crippen LogP contribution is 2.15. The third-order valence-corrected chi connectivity index (χ3v) is 4.67. The van der Waals surface area contributed by atoms with Gasteiger partial charge in [0.1, 0.15) is 13.1 Å². The van der Waals surface area contributed by atoms with Crippen molar-refractivity contribution >= 4 is 29.1 Å². The minimum atomic E-state index is 0.760. The second-order valence-corrected chi connectivity index (χ2v) is 6.53. The zero-order valence-electron chi connectivity index (χ0n) is 12.3. The summed E-state index contributed by atoms with van der Waals surface area (Å²) in [4.78, 5) is 2.89. The summed E-state index contributed by atoms with van der Waals surface area (Å²) in [6.07, 6.45) is 0. The fourth-order valence-corrected chi connectivity index (χ4v) is 3.17. The molecule has 0 amide bonds. The van der Waals surface area contributed by atoms with E-state index < -0.39 is 0 Å². The van der Waals surface area contributed by atoms with Gasteiger partial charge in [-0.1, -0.05) is 18.2 Å². The molecular weight excluding hydrogens is 302 g/mol. The molecule has 0 aromatic heterocycles. The lowest BCUT2D eigenvalue weighted by Crippen LogP contribution is -3.14. The van der Waals surface area contributed by atoms with E-state index in [1.807, 2.05) is 17.8 Å². The fourth-order valence-electron chi connectivity index (χ4n) is 2.18. The highest BCUT2D eigenvalue weighted by atomic mass is 32.2. The summed E-state index contributed by atoms with van der Waals surface area (Å²) in [5, 5.41) is 7.29. The Morgan fingerprint density at radius 3 is 2.62 bits per heavy atom. The third kappa shape index (κ3) is 7.13. The smallest absolute Gasteiger partial charge is 0.166 e. The van der Waals surface area contributed by atoms with E-state index in [1.165, 1.54) is 4.90 Å². The molecule has 0 atom stereocenters. The Balaban J connectivity index is 1.47. The molecule has 1 aromatic rings. The van der Waals surface area contributed by atoms with Gasteiger partial charge >= 0.3 is 0 Å². The zero-order chi connectivity index (χ0) is 14.8. The molecule has 0 unspecified atom stereocenters. The van der Waals surface area contributed by atoms with Crippen LogP contribution in [0.15, 0.2) is 35.2 Å². The van der Waals surface area contributed by atoms with Gasteiger partial charge in [0.2, 0.25) is 0 Å². The van der Waals surface area contributed by atoms with Crippen LogP contribution in [0.1, 0.15) is 0 Å². The van der Waals surface area contributed by atoms with Crippen molar-refractivity contribution < 1.29 is 9.64 Å². The van der Waals surface area contributed by atoms with E-state index in [0.29, 0.717) is 0 Å². The molecule has 1 aliphatic rings. The van der Waals surface area contributed by atoms with E-state index in [4.69, 9.17) is 17.0 Å². The SMILES string of the molecule is S=C(NCCSc1ccccc1)NCC[NH+]1CCOCC1. The van der Waals surface area contributed by atoms with Crippen molar-refractivity contribution in [3.05, 3.63) is 30.3 Å². The summed E-state index contributed by atoms with van der Waals surface area (Å²) in [5.74, 6) is 1.01. The van der Waals surface area contributed by atoms with Gasteiger partial charge in [-0.2, -0.15) is 0 Å². The second kappa shape index (κ2) is 10.00. The number of nitrogens with one attached hydrogen (secondary N) is 3. The van der Waals surface area contributed by atoms with Crippen LogP contribution in [0.2, 0.25) is 0 Å². The van der Waals surface area contributed by atoms with Crippen molar-refractivity contribution in [1.82, 2.24) is 10.6 Å². The minimum absolute atomic E-state index is 0.760. The molecule has 21 heavy (non-hydrogen) atoms. The molecule has 1 heterocycles. The van der Waals surface area contributed by atoms with Gasteiger partial charge in [-0.15, -0.1) is 11.8 Å². The summed E-state index contributed by atoms with van der Waals surface area (Å²) in [6, 6.07) is 10.4. The van der Waals surface area contributed by atoms with Crippen molar-refractivity contribution in [2.75, 3.05) is 51.7 Å². The average Bonchev–Trinajstić information content (AvgIpc) is 2.54. The molecule has 6 heteroatoms.